The van der Waals surface area contributed by atoms with Crippen molar-refractivity contribution in [3.8, 4) is 11.5 Å². The van der Waals surface area contributed by atoms with E-state index < -0.39 is 5.82 Å². The Kier molecular flexibility index (Phi) is 11.3. The first-order valence-corrected chi connectivity index (χ1v) is 20.9. The monoisotopic (exact) mass is 893 g/mol. The van der Waals surface area contributed by atoms with Crippen LogP contribution < -0.4 is 14.8 Å². The summed E-state index contributed by atoms with van der Waals surface area (Å²) in [6, 6.07) is 16.4. The molecule has 1 N–H and O–H groups in total. The van der Waals surface area contributed by atoms with Crippen molar-refractivity contribution in [2.24, 2.45) is 20.0 Å². The molecule has 1 fully saturated rings. The molecular formula is C44H42BrClFN9O4. The number of fused-ring (bicyclic) bond motifs is 8. The van der Waals surface area contributed by atoms with E-state index in [9.17, 15) is 9.18 Å². The van der Waals surface area contributed by atoms with Crippen LogP contribution in [0, 0.1) is 5.82 Å². The zero-order valence-electron chi connectivity index (χ0n) is 33.3. The van der Waals surface area contributed by atoms with E-state index in [2.05, 4.69) is 31.1 Å². The number of nitrogens with one attached hydrogen (secondary N) is 1. The van der Waals surface area contributed by atoms with Gasteiger partial charge in [0.25, 0.3) is 0 Å². The molecule has 0 bridgehead atoms. The van der Waals surface area contributed by atoms with Crippen molar-refractivity contribution in [1.29, 1.82) is 0 Å². The fourth-order valence-corrected chi connectivity index (χ4v) is 8.54. The Bertz CT molecular complexity index is 2550. The van der Waals surface area contributed by atoms with Crippen molar-refractivity contribution in [2.75, 3.05) is 72.5 Å². The summed E-state index contributed by atoms with van der Waals surface area (Å²) in [5.41, 5.74) is 7.15. The maximum absolute atomic E-state index is 14.9. The van der Waals surface area contributed by atoms with Gasteiger partial charge in [0.05, 0.1) is 74.1 Å². The number of rotatable bonds is 11. The number of ether oxygens (including phenoxy) is 3. The van der Waals surface area contributed by atoms with Gasteiger partial charge in [0.2, 0.25) is 5.91 Å². The highest BCUT2D eigenvalue weighted by molar-refractivity contribution is 9.10. The molecule has 0 atom stereocenters. The van der Waals surface area contributed by atoms with E-state index in [0.29, 0.717) is 71.3 Å². The highest BCUT2D eigenvalue weighted by Gasteiger charge is 2.35. The number of carbonyl (C=O) groups is 1. The molecule has 0 saturated carbocycles. The van der Waals surface area contributed by atoms with E-state index in [4.69, 9.17) is 40.8 Å². The van der Waals surface area contributed by atoms with Crippen LogP contribution in [0.2, 0.25) is 5.02 Å². The van der Waals surface area contributed by atoms with E-state index in [1.807, 2.05) is 77.3 Å². The van der Waals surface area contributed by atoms with E-state index >= 15 is 0 Å². The number of likely N-dealkylation sites (N-methyl/N-ethyl adjacent to an activating group) is 1. The average Bonchev–Trinajstić information content (AvgIpc) is 3.25. The van der Waals surface area contributed by atoms with Gasteiger partial charge < -0.3 is 34.2 Å². The number of amidine groups is 3. The van der Waals surface area contributed by atoms with Crippen LogP contribution in [0.4, 0.5) is 32.8 Å². The number of morpholine rings is 1. The number of aliphatic imine (C=N–C) groups is 4. The third-order valence-corrected chi connectivity index (χ3v) is 11.9. The van der Waals surface area contributed by atoms with Gasteiger partial charge in [0.1, 0.15) is 23.3 Å². The van der Waals surface area contributed by atoms with Gasteiger partial charge in [-0.3, -0.25) is 9.69 Å². The Morgan fingerprint density at radius 2 is 1.72 bits per heavy atom. The lowest BCUT2D eigenvalue weighted by molar-refractivity contribution is -0.111. The second-order valence-electron chi connectivity index (χ2n) is 15.1. The lowest BCUT2D eigenvalue weighted by Gasteiger charge is -2.36. The molecule has 5 aliphatic rings. The Morgan fingerprint density at radius 3 is 2.53 bits per heavy atom. The molecular weight excluding hydrogens is 853 g/mol. The van der Waals surface area contributed by atoms with Crippen molar-refractivity contribution in [3.63, 3.8) is 0 Å². The Hall–Kier alpha value is -5.45. The minimum Gasteiger partial charge on any atom is -0.493 e. The quantitative estimate of drug-likeness (QED) is 0.119. The first kappa shape index (κ1) is 40.0. The second kappa shape index (κ2) is 16.9. The summed E-state index contributed by atoms with van der Waals surface area (Å²) >= 11 is 10.5. The number of methoxy groups -OCH3 is 1. The maximum atomic E-state index is 14.9. The van der Waals surface area contributed by atoms with Gasteiger partial charge in [0.15, 0.2) is 11.5 Å². The number of carbonyl (C=O) groups excluding carboxylic acids is 1. The molecule has 1 saturated heterocycles. The maximum Gasteiger partial charge on any atom is 0.248 e. The smallest absolute Gasteiger partial charge is 0.248 e. The molecule has 4 aromatic carbocycles. The summed E-state index contributed by atoms with van der Waals surface area (Å²) in [6.07, 6.45) is 5.96. The van der Waals surface area contributed by atoms with Crippen LogP contribution in [0.5, 0.6) is 11.5 Å². The van der Waals surface area contributed by atoms with E-state index in [1.54, 1.807) is 19.5 Å². The average molecular weight is 895 g/mol. The van der Waals surface area contributed by atoms with Crippen LogP contribution in [0.1, 0.15) is 34.2 Å². The van der Waals surface area contributed by atoms with E-state index in [0.717, 1.165) is 77.4 Å². The van der Waals surface area contributed by atoms with Gasteiger partial charge in [-0.05, 0) is 69.0 Å². The fraction of sp³-hybridized carbons (Fsp3) is 0.295. The predicted octanol–water partition coefficient (Wildman–Crippen LogP) is 7.96. The van der Waals surface area contributed by atoms with Crippen LogP contribution in [-0.2, 0) is 22.6 Å². The number of benzene rings is 4. The summed E-state index contributed by atoms with van der Waals surface area (Å²) < 4.78 is 33.4. The molecule has 4 aromatic rings. The Labute approximate surface area is 360 Å². The Morgan fingerprint density at radius 1 is 0.933 bits per heavy atom. The summed E-state index contributed by atoms with van der Waals surface area (Å²) in [7, 11) is 5.50. The first-order chi connectivity index (χ1) is 29.1. The normalized spacial score (nSPS) is 16.6. The second-order valence-corrected chi connectivity index (χ2v) is 16.4. The molecule has 9 rings (SSSR count). The lowest BCUT2D eigenvalue weighted by Crippen LogP contribution is -2.41. The van der Waals surface area contributed by atoms with Gasteiger partial charge in [-0.15, -0.1) is 0 Å². The molecule has 0 aromatic heterocycles. The number of anilines is 1. The highest BCUT2D eigenvalue weighted by Crippen LogP contribution is 2.45. The van der Waals surface area contributed by atoms with Crippen molar-refractivity contribution in [1.82, 2.24) is 19.6 Å². The number of nitrogens with zero attached hydrogens (tertiary/aromatic N) is 8. The minimum atomic E-state index is -0.515. The molecule has 0 aliphatic carbocycles. The fourth-order valence-electron chi connectivity index (χ4n) is 7.74. The lowest BCUT2D eigenvalue weighted by atomic mass is 9.99. The van der Waals surface area contributed by atoms with Crippen molar-refractivity contribution >= 4 is 85.7 Å². The van der Waals surface area contributed by atoms with Gasteiger partial charge in [-0.25, -0.2) is 24.4 Å². The van der Waals surface area contributed by atoms with Crippen LogP contribution in [0.3, 0.4) is 0 Å². The molecule has 16 heteroatoms. The topological polar surface area (TPSA) is 119 Å². The van der Waals surface area contributed by atoms with Crippen LogP contribution in [-0.4, -0.2) is 117 Å². The number of amides is 1. The Balaban J connectivity index is 1.08. The highest BCUT2D eigenvalue weighted by atomic mass is 79.9. The molecule has 5 heterocycles. The largest absolute Gasteiger partial charge is 0.493 e. The number of hydrogen-bond acceptors (Lipinski definition) is 12. The minimum absolute atomic E-state index is 0.0235. The SMILES string of the molecule is COc1cc2c(cc1OCCCN1CCOCC1)C1=Nc3ccc(F)c(Cl)c3CN1C(c1cc(Br)c3c(c1)N=C1c4cc(NC(=O)/C=C/CN(C)C)ccc4N=CN1C3)=N2. The van der Waals surface area contributed by atoms with Crippen LogP contribution >= 0.6 is 27.5 Å². The zero-order valence-corrected chi connectivity index (χ0v) is 35.7. The van der Waals surface area contributed by atoms with Crippen LogP contribution in [0.15, 0.2) is 91.2 Å². The summed E-state index contributed by atoms with van der Waals surface area (Å²) in [4.78, 5) is 41.2. The number of halogens is 3. The van der Waals surface area contributed by atoms with Crippen molar-refractivity contribution in [2.45, 2.75) is 19.5 Å². The summed E-state index contributed by atoms with van der Waals surface area (Å²) in [5.74, 6) is 2.30. The molecule has 60 heavy (non-hydrogen) atoms. The van der Waals surface area contributed by atoms with Crippen LogP contribution in [0.25, 0.3) is 0 Å². The molecule has 1 amide bonds. The van der Waals surface area contributed by atoms with Gasteiger partial charge in [-0.1, -0.05) is 33.6 Å². The molecule has 0 unspecified atom stereocenters. The van der Waals surface area contributed by atoms with Crippen molar-refractivity contribution in [3.05, 3.63) is 110 Å². The van der Waals surface area contributed by atoms with Gasteiger partial charge in [-0.2, -0.15) is 0 Å². The first-order valence-electron chi connectivity index (χ1n) is 19.7. The number of hydrogen-bond donors (Lipinski definition) is 1. The van der Waals surface area contributed by atoms with Gasteiger partial charge >= 0.3 is 0 Å². The molecule has 0 radical (unpaired) electrons. The third kappa shape index (κ3) is 7.95. The molecule has 5 aliphatic heterocycles. The van der Waals surface area contributed by atoms with E-state index in [1.165, 1.54) is 12.1 Å². The van der Waals surface area contributed by atoms with Gasteiger partial charge in [0, 0.05) is 76.3 Å². The van der Waals surface area contributed by atoms with Crippen molar-refractivity contribution < 1.29 is 23.4 Å². The predicted molar refractivity (Wildman–Crippen MR) is 237 cm³/mol. The van der Waals surface area contributed by atoms with E-state index in [-0.39, 0.29) is 17.5 Å². The standard InChI is InChI=1S/C44H42BrClFN9O4/c1-53(2)11-4-6-40(57)49-27-7-9-34-28(20-27)43-52-36-19-26(18-32(45)30(36)23-55(43)25-48-34)42-51-37-22-38(58-3)39(60-15-5-12-54-13-16-59-17-14-54)21-29(37)44-50-35-10-8-33(47)41(46)31(35)24-56(42)44/h4,6-10,18-22,25H,5,11-17,23-24H2,1-3H3,(H,49,57)/b6-4+. The third-order valence-electron chi connectivity index (χ3n) is 10.8. The zero-order chi connectivity index (χ0) is 41.5. The summed E-state index contributed by atoms with van der Waals surface area (Å²) in [5, 5.41) is 2.99. The molecule has 308 valence electrons. The molecule has 13 nitrogen and oxygen atoms in total. The summed E-state index contributed by atoms with van der Waals surface area (Å²) in [6.45, 7) is 6.13. The molecule has 0 spiro atoms.